The average Bonchev–Trinajstić information content (AvgIpc) is 3.33. The molecular formula is C15H13N7OS2. The molecule has 25 heavy (non-hydrogen) atoms. The minimum atomic E-state index is 0.475. The van der Waals surface area contributed by atoms with Crippen molar-refractivity contribution in [3.8, 4) is 16.5 Å². The van der Waals surface area contributed by atoms with Gasteiger partial charge in [0.05, 0.1) is 22.1 Å². The highest BCUT2D eigenvalue weighted by Gasteiger charge is 2.16. The maximum atomic E-state index is 5.74. The molecule has 4 rings (SSSR count). The zero-order valence-electron chi connectivity index (χ0n) is 13.4. The van der Waals surface area contributed by atoms with Crippen LogP contribution in [-0.2, 0) is 5.75 Å². The Morgan fingerprint density at radius 3 is 2.72 bits per heavy atom. The van der Waals surface area contributed by atoms with E-state index >= 15 is 0 Å². The minimum absolute atomic E-state index is 0.475. The molecule has 0 bridgehead atoms. The number of para-hydroxylation sites is 1. The number of hydrogen-bond donors (Lipinski definition) is 0. The van der Waals surface area contributed by atoms with Gasteiger partial charge in [-0.2, -0.15) is 4.68 Å². The van der Waals surface area contributed by atoms with E-state index in [2.05, 4.69) is 30.7 Å². The Labute approximate surface area is 151 Å². The van der Waals surface area contributed by atoms with E-state index in [0.717, 1.165) is 21.3 Å². The van der Waals surface area contributed by atoms with Crippen LogP contribution in [0.4, 0.5) is 0 Å². The number of hydrogen-bond acceptors (Lipinski definition) is 9. The summed E-state index contributed by atoms with van der Waals surface area (Å²) in [6.07, 6.45) is 0. The number of aryl methyl sites for hydroxylation is 2. The van der Waals surface area contributed by atoms with E-state index in [9.17, 15) is 0 Å². The van der Waals surface area contributed by atoms with Gasteiger partial charge >= 0.3 is 0 Å². The van der Waals surface area contributed by atoms with Gasteiger partial charge in [0, 0.05) is 0 Å². The van der Waals surface area contributed by atoms with Gasteiger partial charge in [-0.3, -0.25) is 0 Å². The van der Waals surface area contributed by atoms with Gasteiger partial charge in [0.25, 0.3) is 11.1 Å². The molecule has 0 atom stereocenters. The van der Waals surface area contributed by atoms with Gasteiger partial charge in [-0.15, -0.1) is 26.6 Å². The quantitative estimate of drug-likeness (QED) is 0.494. The zero-order valence-corrected chi connectivity index (χ0v) is 15.1. The van der Waals surface area contributed by atoms with Crippen molar-refractivity contribution < 1.29 is 4.42 Å². The molecule has 3 heterocycles. The van der Waals surface area contributed by atoms with Crippen LogP contribution in [0, 0.1) is 13.8 Å². The third kappa shape index (κ3) is 3.30. The van der Waals surface area contributed by atoms with Crippen molar-refractivity contribution in [1.82, 2.24) is 35.4 Å². The summed E-state index contributed by atoms with van der Waals surface area (Å²) in [5.74, 6) is 1.72. The second-order valence-corrected chi connectivity index (χ2v) is 7.28. The highest BCUT2D eigenvalue weighted by molar-refractivity contribution is 7.98. The lowest BCUT2D eigenvalue weighted by Gasteiger charge is -2.02. The molecule has 0 spiro atoms. The van der Waals surface area contributed by atoms with Gasteiger partial charge < -0.3 is 4.42 Å². The SMILES string of the molecule is Cc1nc(C)c(-c2nnc(SCc3nnnn3-c3ccccc3)o2)s1. The number of thiazole rings is 1. The van der Waals surface area contributed by atoms with Crippen molar-refractivity contribution in [3.63, 3.8) is 0 Å². The van der Waals surface area contributed by atoms with Crippen LogP contribution in [0.2, 0.25) is 0 Å². The molecule has 10 heteroatoms. The van der Waals surface area contributed by atoms with Gasteiger partial charge in [-0.25, -0.2) is 4.98 Å². The highest BCUT2D eigenvalue weighted by atomic mass is 32.2. The molecule has 0 aliphatic heterocycles. The number of nitrogens with zero attached hydrogens (tertiary/aromatic N) is 7. The summed E-state index contributed by atoms with van der Waals surface area (Å²) < 4.78 is 7.44. The molecular weight excluding hydrogens is 358 g/mol. The van der Waals surface area contributed by atoms with E-state index in [1.807, 2.05) is 44.2 Å². The number of benzene rings is 1. The summed E-state index contributed by atoms with van der Waals surface area (Å²) in [6.45, 7) is 3.89. The Hall–Kier alpha value is -2.59. The first-order valence-electron chi connectivity index (χ1n) is 7.44. The minimum Gasteiger partial charge on any atom is -0.410 e. The van der Waals surface area contributed by atoms with E-state index in [4.69, 9.17) is 4.42 Å². The van der Waals surface area contributed by atoms with E-state index < -0.39 is 0 Å². The zero-order chi connectivity index (χ0) is 17.2. The molecule has 0 fully saturated rings. The van der Waals surface area contributed by atoms with E-state index in [1.165, 1.54) is 11.8 Å². The van der Waals surface area contributed by atoms with E-state index in [1.54, 1.807) is 16.0 Å². The molecule has 0 aliphatic carbocycles. The smallest absolute Gasteiger partial charge is 0.277 e. The lowest BCUT2D eigenvalue weighted by Crippen LogP contribution is -2.01. The molecule has 3 aromatic heterocycles. The monoisotopic (exact) mass is 371 g/mol. The Morgan fingerprint density at radius 2 is 1.96 bits per heavy atom. The standard InChI is InChI=1S/C15H13N7OS2/c1-9-13(25-10(2)16-9)14-18-19-15(23-14)24-8-12-17-20-21-22(12)11-6-4-3-5-7-11/h3-7H,8H2,1-2H3. The largest absolute Gasteiger partial charge is 0.410 e. The maximum absolute atomic E-state index is 5.74. The number of thioether (sulfide) groups is 1. The van der Waals surface area contributed by atoms with Crippen LogP contribution in [0.3, 0.4) is 0 Å². The van der Waals surface area contributed by atoms with Crippen molar-refractivity contribution in [3.05, 3.63) is 46.9 Å². The number of tetrazole rings is 1. The normalized spacial score (nSPS) is 11.1. The van der Waals surface area contributed by atoms with Crippen molar-refractivity contribution in [2.24, 2.45) is 0 Å². The molecule has 0 saturated heterocycles. The third-order valence-electron chi connectivity index (χ3n) is 3.36. The predicted octanol–water partition coefficient (Wildman–Crippen LogP) is 3.08. The summed E-state index contributed by atoms with van der Waals surface area (Å²) in [4.78, 5) is 5.29. The lowest BCUT2D eigenvalue weighted by atomic mass is 10.3. The first kappa shape index (κ1) is 15.9. The molecule has 8 nitrogen and oxygen atoms in total. The van der Waals surface area contributed by atoms with Crippen molar-refractivity contribution >= 4 is 23.1 Å². The third-order valence-corrected chi connectivity index (χ3v) is 5.24. The highest BCUT2D eigenvalue weighted by Crippen LogP contribution is 2.31. The fourth-order valence-electron chi connectivity index (χ4n) is 2.28. The number of aromatic nitrogens is 7. The lowest BCUT2D eigenvalue weighted by molar-refractivity contribution is 0.466. The molecule has 0 aliphatic rings. The summed E-state index contributed by atoms with van der Waals surface area (Å²) >= 11 is 2.94. The predicted molar refractivity (Wildman–Crippen MR) is 93.6 cm³/mol. The molecule has 4 aromatic rings. The summed E-state index contributed by atoms with van der Waals surface area (Å²) in [5, 5.41) is 21.5. The molecule has 0 radical (unpaired) electrons. The Morgan fingerprint density at radius 1 is 1.12 bits per heavy atom. The Balaban J connectivity index is 1.50. The fourth-order valence-corrected chi connectivity index (χ4v) is 3.79. The summed E-state index contributed by atoms with van der Waals surface area (Å²) in [6, 6.07) is 9.73. The van der Waals surface area contributed by atoms with E-state index in [-0.39, 0.29) is 0 Å². The summed E-state index contributed by atoms with van der Waals surface area (Å²) in [5.41, 5.74) is 1.81. The van der Waals surface area contributed by atoms with Gasteiger partial charge in [-0.05, 0) is 36.4 Å². The van der Waals surface area contributed by atoms with Gasteiger partial charge in [0.15, 0.2) is 5.82 Å². The van der Waals surface area contributed by atoms with E-state index in [0.29, 0.717) is 22.7 Å². The van der Waals surface area contributed by atoms with Crippen LogP contribution < -0.4 is 0 Å². The number of rotatable bonds is 5. The fraction of sp³-hybridized carbons (Fsp3) is 0.200. The Bertz CT molecular complexity index is 992. The average molecular weight is 371 g/mol. The van der Waals surface area contributed by atoms with Crippen LogP contribution in [0.5, 0.6) is 0 Å². The van der Waals surface area contributed by atoms with Gasteiger partial charge in [0.2, 0.25) is 0 Å². The second kappa shape index (κ2) is 6.73. The molecule has 1 aromatic carbocycles. The topological polar surface area (TPSA) is 95.4 Å². The van der Waals surface area contributed by atoms with Crippen LogP contribution in [0.15, 0.2) is 40.0 Å². The van der Waals surface area contributed by atoms with Crippen molar-refractivity contribution in [1.29, 1.82) is 0 Å². The first-order chi connectivity index (χ1) is 12.2. The summed E-state index contributed by atoms with van der Waals surface area (Å²) in [7, 11) is 0. The van der Waals surface area contributed by atoms with Crippen LogP contribution >= 0.6 is 23.1 Å². The molecule has 0 N–H and O–H groups in total. The molecule has 0 unspecified atom stereocenters. The van der Waals surface area contributed by atoms with Crippen molar-refractivity contribution in [2.45, 2.75) is 24.8 Å². The van der Waals surface area contributed by atoms with Gasteiger partial charge in [-0.1, -0.05) is 30.0 Å². The molecule has 0 amide bonds. The van der Waals surface area contributed by atoms with Crippen LogP contribution in [-0.4, -0.2) is 35.4 Å². The van der Waals surface area contributed by atoms with Gasteiger partial charge in [0.1, 0.15) is 4.88 Å². The second-order valence-electron chi connectivity index (χ2n) is 5.15. The first-order valence-corrected chi connectivity index (χ1v) is 9.24. The molecule has 0 saturated carbocycles. The maximum Gasteiger partial charge on any atom is 0.277 e. The van der Waals surface area contributed by atoms with Crippen LogP contribution in [0.25, 0.3) is 16.5 Å². The molecule has 126 valence electrons. The Kier molecular flexibility index (Phi) is 4.28. The van der Waals surface area contributed by atoms with Crippen molar-refractivity contribution in [2.75, 3.05) is 0 Å². The van der Waals surface area contributed by atoms with Crippen LogP contribution in [0.1, 0.15) is 16.5 Å².